The van der Waals surface area contributed by atoms with E-state index in [4.69, 9.17) is 14.9 Å². The van der Waals surface area contributed by atoms with E-state index in [-0.39, 0.29) is 23.6 Å². The number of aromatic hydroxyl groups is 1. The lowest BCUT2D eigenvalue weighted by Gasteiger charge is -2.26. The van der Waals surface area contributed by atoms with E-state index < -0.39 is 17.4 Å². The zero-order valence-electron chi connectivity index (χ0n) is 22.1. The largest absolute Gasteiger partial charge is 0.508 e. The first-order valence-corrected chi connectivity index (χ1v) is 13.0. The van der Waals surface area contributed by atoms with Gasteiger partial charge in [0.25, 0.3) is 0 Å². The van der Waals surface area contributed by atoms with Crippen LogP contribution in [0.1, 0.15) is 17.0 Å². The summed E-state index contributed by atoms with van der Waals surface area (Å²) in [5, 5.41) is 24.5. The highest BCUT2D eigenvalue weighted by atomic mass is 19.1. The monoisotopic (exact) mass is 561 g/mol. The molecule has 212 valence electrons. The van der Waals surface area contributed by atoms with Crippen LogP contribution in [0.5, 0.6) is 11.5 Å². The molecule has 1 aliphatic rings. The molecule has 1 aliphatic heterocycles. The number of hydrogen-bond acceptors (Lipinski definition) is 10. The molecule has 1 fully saturated rings. The van der Waals surface area contributed by atoms with Gasteiger partial charge in [-0.15, -0.1) is 0 Å². The number of phenols is 1. The van der Waals surface area contributed by atoms with Gasteiger partial charge < -0.3 is 25.2 Å². The lowest BCUT2D eigenvalue weighted by Crippen LogP contribution is -2.38. The molecule has 41 heavy (non-hydrogen) atoms. The van der Waals surface area contributed by atoms with Crippen molar-refractivity contribution in [3.8, 4) is 11.5 Å². The summed E-state index contributed by atoms with van der Waals surface area (Å²) < 4.78 is 40.0. The third-order valence-electron chi connectivity index (χ3n) is 6.47. The van der Waals surface area contributed by atoms with Crippen molar-refractivity contribution in [2.75, 3.05) is 50.1 Å². The van der Waals surface area contributed by atoms with Crippen LogP contribution in [-0.2, 0) is 11.3 Å². The number of nitrogens with one attached hydrogen (secondary N) is 3. The second-order valence-corrected chi connectivity index (χ2v) is 9.23. The van der Waals surface area contributed by atoms with Crippen LogP contribution in [0.4, 0.5) is 26.0 Å². The van der Waals surface area contributed by atoms with Gasteiger partial charge in [0, 0.05) is 73.2 Å². The van der Waals surface area contributed by atoms with Crippen molar-refractivity contribution in [1.82, 2.24) is 19.9 Å². The Morgan fingerprint density at radius 1 is 1.07 bits per heavy atom. The lowest BCUT2D eigenvalue weighted by molar-refractivity contribution is 0.0322. The second-order valence-electron chi connectivity index (χ2n) is 9.23. The minimum Gasteiger partial charge on any atom is -0.508 e. The summed E-state index contributed by atoms with van der Waals surface area (Å²) >= 11 is 0. The number of hydrogen-bond donors (Lipinski definition) is 4. The topological polar surface area (TPSA) is 129 Å². The highest BCUT2D eigenvalue weighted by Gasteiger charge is 2.18. The smallest absolute Gasteiger partial charge is 0.180 e. The predicted molar refractivity (Wildman–Crippen MR) is 150 cm³/mol. The van der Waals surface area contributed by atoms with Crippen molar-refractivity contribution in [3.63, 3.8) is 0 Å². The molecular formula is C29H29F2N7O3. The molecule has 0 atom stereocenters. The molecule has 0 bridgehead atoms. The lowest BCUT2D eigenvalue weighted by atomic mass is 10.1. The van der Waals surface area contributed by atoms with Gasteiger partial charge in [-0.2, -0.15) is 0 Å². The van der Waals surface area contributed by atoms with Crippen molar-refractivity contribution in [2.45, 2.75) is 6.54 Å². The fourth-order valence-corrected chi connectivity index (χ4v) is 4.29. The zero-order valence-corrected chi connectivity index (χ0v) is 22.1. The number of morpholine rings is 1. The molecular weight excluding hydrogens is 532 g/mol. The first-order chi connectivity index (χ1) is 20.0. The van der Waals surface area contributed by atoms with Crippen molar-refractivity contribution in [2.24, 2.45) is 0 Å². The van der Waals surface area contributed by atoms with Gasteiger partial charge in [-0.3, -0.25) is 15.3 Å². The van der Waals surface area contributed by atoms with Gasteiger partial charge in [-0.05, 0) is 18.2 Å². The number of para-hydroxylation sites is 1. The molecule has 0 aliphatic carbocycles. The molecule has 0 amide bonds. The van der Waals surface area contributed by atoms with Gasteiger partial charge in [0.2, 0.25) is 0 Å². The van der Waals surface area contributed by atoms with E-state index >= 15 is 0 Å². The summed E-state index contributed by atoms with van der Waals surface area (Å²) in [4.78, 5) is 15.3. The number of phenolic OH excluding ortho intramolecular Hbond substituents is 1. The molecule has 4 aromatic rings. The Morgan fingerprint density at radius 3 is 2.56 bits per heavy atom. The third-order valence-corrected chi connectivity index (χ3v) is 6.47. The second kappa shape index (κ2) is 13.1. The van der Waals surface area contributed by atoms with Crippen LogP contribution >= 0.6 is 0 Å². The summed E-state index contributed by atoms with van der Waals surface area (Å²) in [6.07, 6.45) is 4.82. The van der Waals surface area contributed by atoms with Crippen LogP contribution in [0.2, 0.25) is 0 Å². The summed E-state index contributed by atoms with van der Waals surface area (Å²) in [5.41, 5.74) is 1.39. The molecule has 0 saturated carbocycles. The fourth-order valence-electron chi connectivity index (χ4n) is 4.29. The minimum absolute atomic E-state index is 0.00241. The van der Waals surface area contributed by atoms with Gasteiger partial charge in [-0.1, -0.05) is 18.2 Å². The van der Waals surface area contributed by atoms with Gasteiger partial charge in [0.1, 0.15) is 29.7 Å². The maximum absolute atomic E-state index is 14.3. The average molecular weight is 562 g/mol. The molecule has 5 rings (SSSR count). The van der Waals surface area contributed by atoms with Crippen molar-refractivity contribution >= 4 is 22.9 Å². The number of benzene rings is 2. The predicted octanol–water partition coefficient (Wildman–Crippen LogP) is 4.34. The molecule has 0 spiro atoms. The van der Waals surface area contributed by atoms with Crippen LogP contribution in [0.25, 0.3) is 0 Å². The highest BCUT2D eigenvalue weighted by molar-refractivity contribution is 6.12. The molecule has 3 heterocycles. The van der Waals surface area contributed by atoms with Gasteiger partial charge in [0.15, 0.2) is 17.4 Å². The number of halogens is 2. The fraction of sp³-hybridized carbons (Fsp3) is 0.241. The van der Waals surface area contributed by atoms with E-state index in [0.29, 0.717) is 42.6 Å². The van der Waals surface area contributed by atoms with E-state index in [0.717, 1.165) is 37.5 Å². The average Bonchev–Trinajstić information content (AvgIpc) is 2.98. The Morgan fingerprint density at radius 2 is 1.80 bits per heavy atom. The SMILES string of the molecule is N=C(c1ncc(OCCN2CCOCC2)c(Nc2ccncc2)n1)c1ccccc1NCc1c(F)cc(O)cc1F. The molecule has 1 saturated heterocycles. The molecule has 0 radical (unpaired) electrons. The molecule has 12 heteroatoms. The number of pyridine rings is 1. The Hall–Kier alpha value is -4.68. The Balaban J connectivity index is 1.36. The van der Waals surface area contributed by atoms with E-state index in [9.17, 15) is 13.9 Å². The normalized spacial score (nSPS) is 13.5. The molecule has 2 aromatic heterocycles. The van der Waals surface area contributed by atoms with Gasteiger partial charge in [0.05, 0.1) is 19.4 Å². The Bertz CT molecular complexity index is 1480. The van der Waals surface area contributed by atoms with Crippen LogP contribution in [0.3, 0.4) is 0 Å². The van der Waals surface area contributed by atoms with E-state index in [1.165, 1.54) is 6.20 Å². The summed E-state index contributed by atoms with van der Waals surface area (Å²) in [6.45, 7) is 4.02. The summed E-state index contributed by atoms with van der Waals surface area (Å²) in [7, 11) is 0. The standard InChI is InChI=1S/C29H29F2N7O3/c30-23-15-20(39)16-24(31)22(23)17-34-25-4-2-1-3-21(25)27(32)29-35-18-26(41-14-11-38-9-12-40-13-10-38)28(37-29)36-19-5-7-33-8-6-19/h1-8,15-16,18,32,34,39H,9-14,17H2,(H,33,35,36,37). The number of aromatic nitrogens is 3. The first-order valence-electron chi connectivity index (χ1n) is 13.0. The van der Waals surface area contributed by atoms with Crippen molar-refractivity contribution < 1.29 is 23.4 Å². The van der Waals surface area contributed by atoms with Crippen LogP contribution in [-0.4, -0.2) is 70.1 Å². The zero-order chi connectivity index (χ0) is 28.6. The molecule has 2 aromatic carbocycles. The summed E-state index contributed by atoms with van der Waals surface area (Å²) in [5.74, 6) is -1.31. The molecule has 10 nitrogen and oxygen atoms in total. The number of ether oxygens (including phenoxy) is 2. The summed E-state index contributed by atoms with van der Waals surface area (Å²) in [6, 6.07) is 12.1. The van der Waals surface area contributed by atoms with E-state index in [1.54, 1.807) is 48.8 Å². The Labute approximate surface area is 235 Å². The molecule has 0 unspecified atom stereocenters. The van der Waals surface area contributed by atoms with Crippen LogP contribution in [0, 0.1) is 17.0 Å². The Kier molecular flexibility index (Phi) is 8.92. The van der Waals surface area contributed by atoms with Crippen molar-refractivity contribution in [1.29, 1.82) is 5.41 Å². The number of nitrogens with zero attached hydrogens (tertiary/aromatic N) is 4. The first kappa shape index (κ1) is 27.9. The van der Waals surface area contributed by atoms with E-state index in [1.807, 2.05) is 0 Å². The van der Waals surface area contributed by atoms with E-state index in [2.05, 4.69) is 30.5 Å². The van der Waals surface area contributed by atoms with Crippen LogP contribution < -0.4 is 15.4 Å². The maximum atomic E-state index is 14.3. The van der Waals surface area contributed by atoms with Gasteiger partial charge >= 0.3 is 0 Å². The van der Waals surface area contributed by atoms with Crippen LogP contribution in [0.15, 0.2) is 67.1 Å². The number of rotatable bonds is 11. The number of anilines is 3. The quantitative estimate of drug-likeness (QED) is 0.198. The maximum Gasteiger partial charge on any atom is 0.180 e. The third kappa shape index (κ3) is 7.10. The van der Waals surface area contributed by atoms with Gasteiger partial charge in [-0.25, -0.2) is 18.7 Å². The highest BCUT2D eigenvalue weighted by Crippen LogP contribution is 2.27. The molecule has 4 N–H and O–H groups in total. The minimum atomic E-state index is -0.873. The van der Waals surface area contributed by atoms with Crippen molar-refractivity contribution in [3.05, 3.63) is 95.7 Å².